The molecule has 2 rings (SSSR count). The SMILES string of the molecule is CC(C)(C)OC(=O)N1CCCC(NC(=O)NC2CCCNC2)C1. The number of hydrogen-bond donors (Lipinski definition) is 3. The number of urea groups is 1. The van der Waals surface area contributed by atoms with Gasteiger partial charge >= 0.3 is 12.1 Å². The largest absolute Gasteiger partial charge is 0.444 e. The number of carbonyl (C=O) groups is 2. The molecule has 2 saturated heterocycles. The molecule has 2 unspecified atom stereocenters. The molecule has 2 aliphatic rings. The number of nitrogens with one attached hydrogen (secondary N) is 3. The van der Waals surface area contributed by atoms with Crippen LogP contribution in [0, 0.1) is 0 Å². The normalized spacial score (nSPS) is 25.6. The highest BCUT2D eigenvalue weighted by Crippen LogP contribution is 2.15. The Morgan fingerprint density at radius 2 is 1.83 bits per heavy atom. The molecule has 2 heterocycles. The molecule has 3 amide bonds. The molecule has 2 aliphatic heterocycles. The zero-order valence-electron chi connectivity index (χ0n) is 14.5. The zero-order chi connectivity index (χ0) is 16.9. The minimum atomic E-state index is -0.497. The van der Waals surface area contributed by atoms with Crippen molar-refractivity contribution in [1.82, 2.24) is 20.9 Å². The molecule has 0 saturated carbocycles. The van der Waals surface area contributed by atoms with Crippen molar-refractivity contribution in [1.29, 1.82) is 0 Å². The second kappa shape index (κ2) is 7.86. The van der Waals surface area contributed by atoms with Crippen LogP contribution in [-0.4, -0.2) is 60.9 Å². The van der Waals surface area contributed by atoms with Gasteiger partial charge in [0.2, 0.25) is 0 Å². The third-order valence-electron chi connectivity index (χ3n) is 4.04. The lowest BCUT2D eigenvalue weighted by atomic mass is 10.1. The standard InChI is InChI=1S/C16H30N4O3/c1-16(2,3)23-15(22)20-9-5-7-13(11-20)19-14(21)18-12-6-4-8-17-10-12/h12-13,17H,4-11H2,1-3H3,(H2,18,19,21). The van der Waals surface area contributed by atoms with Gasteiger partial charge in [0.05, 0.1) is 0 Å². The van der Waals surface area contributed by atoms with E-state index in [1.807, 2.05) is 20.8 Å². The molecule has 0 bridgehead atoms. The van der Waals surface area contributed by atoms with Gasteiger partial charge in [0, 0.05) is 31.7 Å². The first-order valence-electron chi connectivity index (χ1n) is 8.59. The summed E-state index contributed by atoms with van der Waals surface area (Å²) in [4.78, 5) is 25.9. The molecule has 132 valence electrons. The van der Waals surface area contributed by atoms with Crippen molar-refractivity contribution < 1.29 is 14.3 Å². The van der Waals surface area contributed by atoms with Crippen LogP contribution in [0.25, 0.3) is 0 Å². The average Bonchev–Trinajstić information content (AvgIpc) is 2.46. The van der Waals surface area contributed by atoms with Gasteiger partial charge in [0.25, 0.3) is 0 Å². The molecule has 0 aliphatic carbocycles. The Balaban J connectivity index is 1.76. The van der Waals surface area contributed by atoms with Crippen molar-refractivity contribution in [2.75, 3.05) is 26.2 Å². The number of nitrogens with zero attached hydrogens (tertiary/aromatic N) is 1. The number of carbonyl (C=O) groups excluding carboxylic acids is 2. The summed E-state index contributed by atoms with van der Waals surface area (Å²) in [5.74, 6) is 0. The summed E-state index contributed by atoms with van der Waals surface area (Å²) in [7, 11) is 0. The van der Waals surface area contributed by atoms with Crippen molar-refractivity contribution in [2.45, 2.75) is 64.1 Å². The highest BCUT2D eigenvalue weighted by molar-refractivity contribution is 5.75. The maximum atomic E-state index is 12.1. The third-order valence-corrected chi connectivity index (χ3v) is 4.04. The summed E-state index contributed by atoms with van der Waals surface area (Å²) < 4.78 is 5.40. The molecular formula is C16H30N4O3. The van der Waals surface area contributed by atoms with E-state index in [4.69, 9.17) is 4.74 Å². The molecule has 2 fully saturated rings. The van der Waals surface area contributed by atoms with Crippen LogP contribution in [0.2, 0.25) is 0 Å². The third kappa shape index (κ3) is 6.25. The lowest BCUT2D eigenvalue weighted by Gasteiger charge is -2.34. The smallest absolute Gasteiger partial charge is 0.410 e. The van der Waals surface area contributed by atoms with Crippen LogP contribution >= 0.6 is 0 Å². The van der Waals surface area contributed by atoms with E-state index in [1.165, 1.54) is 0 Å². The molecule has 7 nitrogen and oxygen atoms in total. The molecule has 3 N–H and O–H groups in total. The summed E-state index contributed by atoms with van der Waals surface area (Å²) in [5, 5.41) is 9.26. The lowest BCUT2D eigenvalue weighted by Crippen LogP contribution is -2.55. The zero-order valence-corrected chi connectivity index (χ0v) is 14.5. The van der Waals surface area contributed by atoms with Gasteiger partial charge in [-0.05, 0) is 53.0 Å². The predicted octanol–water partition coefficient (Wildman–Crippen LogP) is 1.44. The van der Waals surface area contributed by atoms with Gasteiger partial charge in [-0.15, -0.1) is 0 Å². The van der Waals surface area contributed by atoms with Gasteiger partial charge in [-0.25, -0.2) is 9.59 Å². The number of piperidine rings is 2. The molecule has 0 aromatic rings. The Morgan fingerprint density at radius 1 is 1.13 bits per heavy atom. The Morgan fingerprint density at radius 3 is 2.48 bits per heavy atom. The van der Waals surface area contributed by atoms with E-state index in [9.17, 15) is 9.59 Å². The van der Waals surface area contributed by atoms with Crippen molar-refractivity contribution in [3.05, 3.63) is 0 Å². The highest BCUT2D eigenvalue weighted by Gasteiger charge is 2.28. The number of rotatable bonds is 2. The monoisotopic (exact) mass is 326 g/mol. The molecule has 0 radical (unpaired) electrons. The number of ether oxygens (including phenoxy) is 1. The topological polar surface area (TPSA) is 82.7 Å². The predicted molar refractivity (Wildman–Crippen MR) is 88.4 cm³/mol. The van der Waals surface area contributed by atoms with E-state index < -0.39 is 5.60 Å². The molecule has 2 atom stereocenters. The summed E-state index contributed by atoms with van der Waals surface area (Å²) in [6.07, 6.45) is 3.54. The fourth-order valence-corrected chi connectivity index (χ4v) is 2.97. The van der Waals surface area contributed by atoms with E-state index in [-0.39, 0.29) is 24.2 Å². The summed E-state index contributed by atoms with van der Waals surface area (Å²) in [6, 6.07) is 0.0249. The van der Waals surface area contributed by atoms with Crippen LogP contribution in [0.1, 0.15) is 46.5 Å². The van der Waals surface area contributed by atoms with E-state index in [0.717, 1.165) is 38.8 Å². The van der Waals surface area contributed by atoms with Crippen LogP contribution in [0.5, 0.6) is 0 Å². The van der Waals surface area contributed by atoms with Gasteiger partial charge in [0.1, 0.15) is 5.60 Å². The van der Waals surface area contributed by atoms with Gasteiger partial charge < -0.3 is 25.6 Å². The van der Waals surface area contributed by atoms with Crippen LogP contribution in [-0.2, 0) is 4.74 Å². The summed E-state index contributed by atoms with van der Waals surface area (Å²) >= 11 is 0. The van der Waals surface area contributed by atoms with Crippen molar-refractivity contribution in [3.8, 4) is 0 Å². The summed E-state index contributed by atoms with van der Waals surface area (Å²) in [6.45, 7) is 8.60. The van der Waals surface area contributed by atoms with Gasteiger partial charge in [-0.1, -0.05) is 0 Å². The fraction of sp³-hybridized carbons (Fsp3) is 0.875. The molecule has 23 heavy (non-hydrogen) atoms. The number of likely N-dealkylation sites (tertiary alicyclic amines) is 1. The highest BCUT2D eigenvalue weighted by atomic mass is 16.6. The van der Waals surface area contributed by atoms with E-state index in [1.54, 1.807) is 4.90 Å². The second-order valence-electron chi connectivity index (χ2n) is 7.43. The van der Waals surface area contributed by atoms with Crippen molar-refractivity contribution >= 4 is 12.1 Å². The maximum Gasteiger partial charge on any atom is 0.410 e. The lowest BCUT2D eigenvalue weighted by molar-refractivity contribution is 0.0190. The van der Waals surface area contributed by atoms with Gasteiger partial charge in [-0.2, -0.15) is 0 Å². The molecule has 0 aromatic carbocycles. The van der Waals surface area contributed by atoms with Gasteiger partial charge in [-0.3, -0.25) is 0 Å². The number of hydrogen-bond acceptors (Lipinski definition) is 4. The first-order chi connectivity index (χ1) is 10.8. The fourth-order valence-electron chi connectivity index (χ4n) is 2.97. The van der Waals surface area contributed by atoms with Crippen molar-refractivity contribution in [2.24, 2.45) is 0 Å². The number of amides is 3. The van der Waals surface area contributed by atoms with E-state index in [2.05, 4.69) is 16.0 Å². The molecule has 7 heteroatoms. The Hall–Kier alpha value is -1.50. The molecule has 0 spiro atoms. The Bertz CT molecular complexity index is 416. The molecular weight excluding hydrogens is 296 g/mol. The minimum absolute atomic E-state index is 0.0205. The van der Waals surface area contributed by atoms with E-state index in [0.29, 0.717) is 13.1 Å². The van der Waals surface area contributed by atoms with Crippen LogP contribution in [0.4, 0.5) is 9.59 Å². The van der Waals surface area contributed by atoms with Crippen LogP contribution in [0.3, 0.4) is 0 Å². The van der Waals surface area contributed by atoms with E-state index >= 15 is 0 Å². The van der Waals surface area contributed by atoms with Gasteiger partial charge in [0.15, 0.2) is 0 Å². The quantitative estimate of drug-likeness (QED) is 0.717. The van der Waals surface area contributed by atoms with Crippen molar-refractivity contribution in [3.63, 3.8) is 0 Å². The minimum Gasteiger partial charge on any atom is -0.444 e. The van der Waals surface area contributed by atoms with Crippen LogP contribution < -0.4 is 16.0 Å². The second-order valence-corrected chi connectivity index (χ2v) is 7.43. The Labute approximate surface area is 138 Å². The first-order valence-corrected chi connectivity index (χ1v) is 8.59. The maximum absolute atomic E-state index is 12.1. The first kappa shape index (κ1) is 17.8. The molecule has 0 aromatic heterocycles. The summed E-state index contributed by atoms with van der Waals surface area (Å²) in [5.41, 5.74) is -0.497. The Kier molecular flexibility index (Phi) is 6.10. The van der Waals surface area contributed by atoms with Crippen LogP contribution in [0.15, 0.2) is 0 Å². The average molecular weight is 326 g/mol.